The van der Waals surface area contributed by atoms with E-state index in [2.05, 4.69) is 11.0 Å². The van der Waals surface area contributed by atoms with Crippen LogP contribution < -0.4 is 5.73 Å². The van der Waals surface area contributed by atoms with Gasteiger partial charge in [-0.2, -0.15) is 5.26 Å². The van der Waals surface area contributed by atoms with Gasteiger partial charge in [0.05, 0.1) is 12.7 Å². The van der Waals surface area contributed by atoms with Gasteiger partial charge in [-0.1, -0.05) is 29.8 Å². The highest BCUT2D eigenvalue weighted by Crippen LogP contribution is 2.26. The van der Waals surface area contributed by atoms with E-state index < -0.39 is 0 Å². The van der Waals surface area contributed by atoms with Gasteiger partial charge in [0, 0.05) is 44.2 Å². The van der Waals surface area contributed by atoms with Crippen molar-refractivity contribution in [2.75, 3.05) is 33.4 Å². The minimum absolute atomic E-state index is 0.0113. The van der Waals surface area contributed by atoms with Gasteiger partial charge in [-0.15, -0.1) is 0 Å². The quantitative estimate of drug-likeness (QED) is 0.793. The van der Waals surface area contributed by atoms with Crippen molar-refractivity contribution in [2.24, 2.45) is 5.73 Å². The Morgan fingerprint density at radius 1 is 1.42 bits per heavy atom. The molecular weight excluding hydrogens is 262 g/mol. The molecule has 0 radical (unpaired) electrons. The molecule has 4 nitrogen and oxygen atoms in total. The van der Waals surface area contributed by atoms with Gasteiger partial charge in [0.2, 0.25) is 0 Å². The van der Waals surface area contributed by atoms with Gasteiger partial charge in [-0.3, -0.25) is 4.90 Å². The van der Waals surface area contributed by atoms with E-state index in [9.17, 15) is 0 Å². The monoisotopic (exact) mass is 281 g/mol. The Bertz CT molecular complexity index is 419. The summed E-state index contributed by atoms with van der Waals surface area (Å²) in [6, 6.07) is 9.86. The fourth-order valence-corrected chi connectivity index (χ4v) is 2.31. The standard InChI is InChI=1S/C14H20ClN3O/c1-19-10-9-18(8-4-7-16)14(11-17)12-5-2-3-6-13(12)15/h2-3,5-6,14H,4,8-11,17H2,1H3. The van der Waals surface area contributed by atoms with Gasteiger partial charge in [-0.05, 0) is 11.6 Å². The highest BCUT2D eigenvalue weighted by atomic mass is 35.5. The van der Waals surface area contributed by atoms with E-state index in [1.165, 1.54) is 0 Å². The smallest absolute Gasteiger partial charge is 0.0635 e. The predicted octanol–water partition coefficient (Wildman–Crippen LogP) is 2.20. The van der Waals surface area contributed by atoms with E-state index in [1.807, 2.05) is 24.3 Å². The van der Waals surface area contributed by atoms with Crippen LogP contribution in [0.15, 0.2) is 24.3 Å². The van der Waals surface area contributed by atoms with Crippen molar-refractivity contribution in [3.63, 3.8) is 0 Å². The lowest BCUT2D eigenvalue weighted by Crippen LogP contribution is -2.37. The molecule has 19 heavy (non-hydrogen) atoms. The Balaban J connectivity index is 2.88. The Hall–Kier alpha value is -1.12. The van der Waals surface area contributed by atoms with Gasteiger partial charge < -0.3 is 10.5 Å². The fraction of sp³-hybridized carbons (Fsp3) is 0.500. The molecule has 0 bridgehead atoms. The van der Waals surface area contributed by atoms with Gasteiger partial charge in [0.15, 0.2) is 0 Å². The Morgan fingerprint density at radius 3 is 2.74 bits per heavy atom. The molecular formula is C14H20ClN3O. The van der Waals surface area contributed by atoms with E-state index in [0.29, 0.717) is 31.1 Å². The van der Waals surface area contributed by atoms with Crippen LogP contribution in [0.5, 0.6) is 0 Å². The summed E-state index contributed by atoms with van der Waals surface area (Å²) in [5.74, 6) is 0. The molecule has 0 heterocycles. The van der Waals surface area contributed by atoms with Crippen molar-refractivity contribution in [3.05, 3.63) is 34.9 Å². The van der Waals surface area contributed by atoms with Gasteiger partial charge in [-0.25, -0.2) is 0 Å². The Morgan fingerprint density at radius 2 is 2.16 bits per heavy atom. The topological polar surface area (TPSA) is 62.3 Å². The van der Waals surface area contributed by atoms with Crippen molar-refractivity contribution < 1.29 is 4.74 Å². The van der Waals surface area contributed by atoms with Crippen molar-refractivity contribution in [2.45, 2.75) is 12.5 Å². The third kappa shape index (κ3) is 4.81. The summed E-state index contributed by atoms with van der Waals surface area (Å²) in [6.45, 7) is 2.45. The minimum Gasteiger partial charge on any atom is -0.383 e. The van der Waals surface area contributed by atoms with Crippen LogP contribution in [0.4, 0.5) is 0 Å². The van der Waals surface area contributed by atoms with Crippen molar-refractivity contribution in [1.82, 2.24) is 4.90 Å². The predicted molar refractivity (Wildman–Crippen MR) is 76.9 cm³/mol. The number of hydrogen-bond acceptors (Lipinski definition) is 4. The zero-order valence-electron chi connectivity index (χ0n) is 11.2. The summed E-state index contributed by atoms with van der Waals surface area (Å²) in [6.07, 6.45) is 0.463. The van der Waals surface area contributed by atoms with Crippen LogP contribution in [0, 0.1) is 11.3 Å². The normalized spacial score (nSPS) is 12.4. The van der Waals surface area contributed by atoms with Gasteiger partial charge >= 0.3 is 0 Å². The number of rotatable bonds is 8. The average molecular weight is 282 g/mol. The fourth-order valence-electron chi connectivity index (χ4n) is 2.04. The van der Waals surface area contributed by atoms with Crippen LogP contribution >= 0.6 is 11.6 Å². The maximum atomic E-state index is 8.75. The van der Waals surface area contributed by atoms with Crippen molar-refractivity contribution >= 4 is 11.6 Å². The van der Waals surface area contributed by atoms with Crippen LogP contribution in [-0.4, -0.2) is 38.3 Å². The van der Waals surface area contributed by atoms with E-state index in [4.69, 9.17) is 27.3 Å². The molecule has 1 aromatic rings. The second-order valence-electron chi connectivity index (χ2n) is 4.21. The maximum absolute atomic E-state index is 8.75. The minimum atomic E-state index is 0.0113. The number of nitrogens with zero attached hydrogens (tertiary/aromatic N) is 2. The van der Waals surface area contributed by atoms with Crippen LogP contribution in [0.25, 0.3) is 0 Å². The van der Waals surface area contributed by atoms with Gasteiger partial charge in [0.25, 0.3) is 0 Å². The van der Waals surface area contributed by atoms with Crippen LogP contribution in [0.1, 0.15) is 18.0 Å². The maximum Gasteiger partial charge on any atom is 0.0635 e. The number of benzene rings is 1. The summed E-state index contributed by atoms with van der Waals surface area (Å²) in [5.41, 5.74) is 6.89. The van der Waals surface area contributed by atoms with Crippen LogP contribution in [0.2, 0.25) is 5.02 Å². The number of hydrogen-bond donors (Lipinski definition) is 1. The van der Waals surface area contributed by atoms with E-state index >= 15 is 0 Å². The van der Waals surface area contributed by atoms with Crippen molar-refractivity contribution in [3.8, 4) is 6.07 Å². The molecule has 2 N–H and O–H groups in total. The number of ether oxygens (including phenoxy) is 1. The number of nitrogens with two attached hydrogens (primary N) is 1. The van der Waals surface area contributed by atoms with Crippen molar-refractivity contribution in [1.29, 1.82) is 5.26 Å². The Kier molecular flexibility index (Phi) is 7.46. The second kappa shape index (κ2) is 8.89. The average Bonchev–Trinajstić information content (AvgIpc) is 2.43. The molecule has 0 saturated heterocycles. The molecule has 1 aromatic carbocycles. The summed E-state index contributed by atoms with van der Waals surface area (Å²) >= 11 is 6.23. The largest absolute Gasteiger partial charge is 0.383 e. The molecule has 0 spiro atoms. The SMILES string of the molecule is COCCN(CCC#N)C(CN)c1ccccc1Cl. The zero-order chi connectivity index (χ0) is 14.1. The lowest BCUT2D eigenvalue weighted by atomic mass is 10.0. The second-order valence-corrected chi connectivity index (χ2v) is 4.62. The molecule has 0 aliphatic heterocycles. The summed E-state index contributed by atoms with van der Waals surface area (Å²) < 4.78 is 5.11. The molecule has 0 saturated carbocycles. The Labute approximate surface area is 119 Å². The third-order valence-electron chi connectivity index (χ3n) is 3.02. The highest BCUT2D eigenvalue weighted by molar-refractivity contribution is 6.31. The molecule has 0 amide bonds. The molecule has 0 fully saturated rings. The van der Waals surface area contributed by atoms with E-state index in [-0.39, 0.29) is 6.04 Å². The first-order chi connectivity index (χ1) is 9.24. The zero-order valence-corrected chi connectivity index (χ0v) is 11.9. The lowest BCUT2D eigenvalue weighted by molar-refractivity contribution is 0.123. The first-order valence-electron chi connectivity index (χ1n) is 6.29. The number of methoxy groups -OCH3 is 1. The lowest BCUT2D eigenvalue weighted by Gasteiger charge is -2.31. The first kappa shape index (κ1) is 15.9. The molecule has 1 atom stereocenters. The number of halogens is 1. The van der Waals surface area contributed by atoms with Crippen LogP contribution in [-0.2, 0) is 4.74 Å². The van der Waals surface area contributed by atoms with Crippen LogP contribution in [0.3, 0.4) is 0 Å². The first-order valence-corrected chi connectivity index (χ1v) is 6.66. The molecule has 0 aliphatic rings. The van der Waals surface area contributed by atoms with E-state index in [1.54, 1.807) is 7.11 Å². The summed E-state index contributed by atoms with van der Waals surface area (Å²) in [4.78, 5) is 2.15. The molecule has 1 unspecified atom stereocenters. The van der Waals surface area contributed by atoms with E-state index in [0.717, 1.165) is 12.1 Å². The van der Waals surface area contributed by atoms with Gasteiger partial charge in [0.1, 0.15) is 0 Å². The highest BCUT2D eigenvalue weighted by Gasteiger charge is 2.20. The molecule has 0 aliphatic carbocycles. The summed E-state index contributed by atoms with van der Waals surface area (Å²) in [5, 5.41) is 9.46. The molecule has 104 valence electrons. The molecule has 5 heteroatoms. The third-order valence-corrected chi connectivity index (χ3v) is 3.37. The number of nitriles is 1. The molecule has 1 rings (SSSR count). The summed E-state index contributed by atoms with van der Waals surface area (Å²) in [7, 11) is 1.66. The molecule has 0 aromatic heterocycles.